The largest absolute Gasteiger partial charge is 0.360 e. The summed E-state index contributed by atoms with van der Waals surface area (Å²) in [6.45, 7) is 5.61. The van der Waals surface area contributed by atoms with Gasteiger partial charge >= 0.3 is 0 Å². The van der Waals surface area contributed by atoms with Crippen molar-refractivity contribution in [1.82, 2.24) is 20.3 Å². The Bertz CT molecular complexity index is 818. The molecule has 2 amide bonds. The fourth-order valence-electron chi connectivity index (χ4n) is 3.00. The zero-order valence-electron chi connectivity index (χ0n) is 15.6. The molecule has 1 saturated heterocycles. The van der Waals surface area contributed by atoms with Crippen molar-refractivity contribution in [2.24, 2.45) is 0 Å². The molecule has 0 atom stereocenters. The van der Waals surface area contributed by atoms with Crippen molar-refractivity contribution in [1.29, 1.82) is 0 Å². The number of aromatic nitrogens is 1. The summed E-state index contributed by atoms with van der Waals surface area (Å²) in [5, 5.41) is 6.48. The van der Waals surface area contributed by atoms with E-state index in [-0.39, 0.29) is 11.8 Å². The predicted octanol–water partition coefficient (Wildman–Crippen LogP) is 1.70. The Hall–Kier alpha value is -2.93. The fraction of sp³-hybridized carbons (Fsp3) is 0.350. The summed E-state index contributed by atoms with van der Waals surface area (Å²) in [4.78, 5) is 28.0. The van der Waals surface area contributed by atoms with Gasteiger partial charge < -0.3 is 14.7 Å². The van der Waals surface area contributed by atoms with Crippen molar-refractivity contribution < 1.29 is 14.1 Å². The van der Waals surface area contributed by atoms with Crippen LogP contribution >= 0.6 is 0 Å². The lowest BCUT2D eigenvalue weighted by atomic mass is 10.1. The van der Waals surface area contributed by atoms with Crippen molar-refractivity contribution >= 4 is 17.9 Å². The Kier molecular flexibility index (Phi) is 6.03. The van der Waals surface area contributed by atoms with Gasteiger partial charge in [0.2, 0.25) is 5.91 Å². The number of nitrogens with zero attached hydrogens (tertiary/aromatic N) is 3. The topological polar surface area (TPSA) is 78.7 Å². The third kappa shape index (κ3) is 5.04. The molecule has 0 aliphatic carbocycles. The molecule has 1 N–H and O–H groups in total. The first kappa shape index (κ1) is 18.8. The highest BCUT2D eigenvalue weighted by molar-refractivity contribution is 5.94. The highest BCUT2D eigenvalue weighted by atomic mass is 16.5. The van der Waals surface area contributed by atoms with E-state index in [9.17, 15) is 9.59 Å². The van der Waals surface area contributed by atoms with Gasteiger partial charge in [0, 0.05) is 50.9 Å². The molecule has 1 fully saturated rings. The van der Waals surface area contributed by atoms with Gasteiger partial charge in [-0.15, -0.1) is 0 Å². The van der Waals surface area contributed by atoms with E-state index in [2.05, 4.69) is 15.4 Å². The van der Waals surface area contributed by atoms with E-state index in [0.717, 1.165) is 36.7 Å². The molecule has 1 aliphatic heterocycles. The van der Waals surface area contributed by atoms with Gasteiger partial charge in [0.25, 0.3) is 5.91 Å². The summed E-state index contributed by atoms with van der Waals surface area (Å²) < 4.78 is 5.25. The van der Waals surface area contributed by atoms with E-state index in [0.29, 0.717) is 18.7 Å². The van der Waals surface area contributed by atoms with Gasteiger partial charge in [-0.25, -0.2) is 0 Å². The number of hydrogen-bond donors (Lipinski definition) is 1. The molecular formula is C20H24N4O3. The summed E-state index contributed by atoms with van der Waals surface area (Å²) >= 11 is 0. The third-order valence-electron chi connectivity index (χ3n) is 4.56. The molecule has 1 aliphatic rings. The molecule has 142 valence electrons. The van der Waals surface area contributed by atoms with Gasteiger partial charge in [0.05, 0.1) is 12.2 Å². The lowest BCUT2D eigenvalue weighted by molar-refractivity contribution is -0.127. The Morgan fingerprint density at radius 3 is 2.48 bits per heavy atom. The van der Waals surface area contributed by atoms with Gasteiger partial charge in [-0.05, 0) is 30.7 Å². The Balaban J connectivity index is 1.49. The van der Waals surface area contributed by atoms with Crippen LogP contribution in [0.15, 0.2) is 40.9 Å². The second kappa shape index (κ2) is 8.64. The molecule has 7 heteroatoms. The molecule has 3 rings (SSSR count). The van der Waals surface area contributed by atoms with E-state index in [1.807, 2.05) is 30.0 Å². The summed E-state index contributed by atoms with van der Waals surface area (Å²) in [6.07, 6.45) is 3.37. The van der Waals surface area contributed by atoms with Gasteiger partial charge in [-0.1, -0.05) is 17.3 Å². The van der Waals surface area contributed by atoms with Gasteiger partial charge in [0.1, 0.15) is 0 Å². The SMILES string of the molecule is CNC(=O)c1ccc(/C=C/C(=O)N2CCN(Cc3cc(C)no3)CC2)cc1. The number of carbonyl (C=O) groups excluding carboxylic acids is 2. The minimum Gasteiger partial charge on any atom is -0.360 e. The second-order valence-electron chi connectivity index (χ2n) is 6.57. The minimum absolute atomic E-state index is 0.000498. The zero-order chi connectivity index (χ0) is 19.2. The lowest BCUT2D eigenvalue weighted by Crippen LogP contribution is -2.47. The quantitative estimate of drug-likeness (QED) is 0.813. The van der Waals surface area contributed by atoms with E-state index in [4.69, 9.17) is 4.52 Å². The summed E-state index contributed by atoms with van der Waals surface area (Å²) in [6, 6.07) is 9.08. The van der Waals surface area contributed by atoms with Crippen LogP contribution in [0.1, 0.15) is 27.4 Å². The number of amides is 2. The molecule has 0 unspecified atom stereocenters. The first-order chi connectivity index (χ1) is 13.0. The van der Waals surface area contributed by atoms with Crippen LogP contribution in [0.2, 0.25) is 0 Å². The first-order valence-corrected chi connectivity index (χ1v) is 8.99. The standard InChI is InChI=1S/C20H24N4O3/c1-15-13-18(27-22-15)14-23-9-11-24(12-10-23)19(25)8-5-16-3-6-17(7-4-16)20(26)21-2/h3-8,13H,9-12,14H2,1-2H3,(H,21,26)/b8-5+. The smallest absolute Gasteiger partial charge is 0.251 e. The molecule has 27 heavy (non-hydrogen) atoms. The monoisotopic (exact) mass is 368 g/mol. The van der Waals surface area contributed by atoms with Crippen molar-refractivity contribution in [2.75, 3.05) is 33.2 Å². The van der Waals surface area contributed by atoms with Crippen molar-refractivity contribution in [2.45, 2.75) is 13.5 Å². The number of nitrogens with one attached hydrogen (secondary N) is 1. The van der Waals surface area contributed by atoms with E-state index in [1.165, 1.54) is 0 Å². The predicted molar refractivity (Wildman–Crippen MR) is 102 cm³/mol. The van der Waals surface area contributed by atoms with Crippen LogP contribution in [0.3, 0.4) is 0 Å². The lowest BCUT2D eigenvalue weighted by Gasteiger charge is -2.33. The Morgan fingerprint density at radius 1 is 1.19 bits per heavy atom. The number of carbonyl (C=O) groups is 2. The van der Waals surface area contributed by atoms with Crippen LogP contribution in [0, 0.1) is 6.92 Å². The van der Waals surface area contributed by atoms with Crippen LogP contribution in [-0.2, 0) is 11.3 Å². The van der Waals surface area contributed by atoms with Crippen LogP contribution in [-0.4, -0.2) is 60.0 Å². The Morgan fingerprint density at radius 2 is 1.89 bits per heavy atom. The zero-order valence-corrected chi connectivity index (χ0v) is 15.6. The molecule has 2 heterocycles. The number of hydrogen-bond acceptors (Lipinski definition) is 5. The number of aryl methyl sites for hydroxylation is 1. The van der Waals surface area contributed by atoms with Crippen molar-refractivity contribution in [3.63, 3.8) is 0 Å². The molecule has 0 radical (unpaired) electrons. The molecule has 1 aromatic heterocycles. The average Bonchev–Trinajstić information content (AvgIpc) is 3.11. The highest BCUT2D eigenvalue weighted by Crippen LogP contribution is 2.11. The molecule has 0 saturated carbocycles. The van der Waals surface area contributed by atoms with E-state index >= 15 is 0 Å². The maximum absolute atomic E-state index is 12.4. The minimum atomic E-state index is -0.125. The van der Waals surface area contributed by atoms with Crippen LogP contribution in [0.25, 0.3) is 6.08 Å². The number of benzene rings is 1. The highest BCUT2D eigenvalue weighted by Gasteiger charge is 2.20. The maximum atomic E-state index is 12.4. The maximum Gasteiger partial charge on any atom is 0.251 e. The molecule has 7 nitrogen and oxygen atoms in total. The summed E-state index contributed by atoms with van der Waals surface area (Å²) in [7, 11) is 1.60. The van der Waals surface area contributed by atoms with Crippen LogP contribution in [0.5, 0.6) is 0 Å². The average molecular weight is 368 g/mol. The fourth-order valence-corrected chi connectivity index (χ4v) is 3.00. The molecule has 2 aromatic rings. The summed E-state index contributed by atoms with van der Waals surface area (Å²) in [5.41, 5.74) is 2.36. The molecule has 1 aromatic carbocycles. The van der Waals surface area contributed by atoms with Crippen molar-refractivity contribution in [3.8, 4) is 0 Å². The molecule has 0 bridgehead atoms. The van der Waals surface area contributed by atoms with Gasteiger partial charge in [0.15, 0.2) is 5.76 Å². The number of rotatable bonds is 5. The molecule has 0 spiro atoms. The van der Waals surface area contributed by atoms with Crippen LogP contribution in [0.4, 0.5) is 0 Å². The van der Waals surface area contributed by atoms with Gasteiger partial charge in [-0.3, -0.25) is 14.5 Å². The third-order valence-corrected chi connectivity index (χ3v) is 4.56. The normalized spacial score (nSPS) is 15.3. The van der Waals surface area contributed by atoms with Crippen LogP contribution < -0.4 is 5.32 Å². The Labute approximate surface area is 158 Å². The summed E-state index contributed by atoms with van der Waals surface area (Å²) in [5.74, 6) is 0.730. The van der Waals surface area contributed by atoms with E-state index in [1.54, 1.807) is 31.3 Å². The van der Waals surface area contributed by atoms with Crippen molar-refractivity contribution in [3.05, 3.63) is 59.0 Å². The van der Waals surface area contributed by atoms with Gasteiger partial charge in [-0.2, -0.15) is 0 Å². The molecular weight excluding hydrogens is 344 g/mol. The van der Waals surface area contributed by atoms with E-state index < -0.39 is 0 Å². The second-order valence-corrected chi connectivity index (χ2v) is 6.57. The first-order valence-electron chi connectivity index (χ1n) is 8.99. The number of piperazine rings is 1.